The number of benzene rings is 1. The fourth-order valence-corrected chi connectivity index (χ4v) is 3.39. The van der Waals surface area contributed by atoms with Crippen molar-refractivity contribution in [3.63, 3.8) is 0 Å². The maximum Gasteiger partial charge on any atom is 0.325 e. The molecule has 1 aliphatic heterocycles. The number of aryl methyl sites for hydroxylation is 1. The van der Waals surface area contributed by atoms with Gasteiger partial charge in [0.1, 0.15) is 6.54 Å². The highest BCUT2D eigenvalue weighted by Crippen LogP contribution is 2.32. The molecule has 0 unspecified atom stereocenters. The van der Waals surface area contributed by atoms with Crippen LogP contribution in [0.25, 0.3) is 11.8 Å². The summed E-state index contributed by atoms with van der Waals surface area (Å²) >= 11 is 0.820. The van der Waals surface area contributed by atoms with Gasteiger partial charge in [-0.1, -0.05) is 18.2 Å². The Bertz CT molecular complexity index is 870. The topological polar surface area (TPSA) is 68.6 Å². The number of rotatable bonds is 4. The predicted octanol–water partition coefficient (Wildman–Crippen LogP) is 3.00. The molecule has 1 aromatic heterocycles. The average Bonchev–Trinajstić information content (AvgIpc) is 3.10. The summed E-state index contributed by atoms with van der Waals surface area (Å²) in [4.78, 5) is 37.0. The molecular weight excluding hydrogens is 340 g/mol. The Labute approximate surface area is 149 Å². The molecule has 0 radical (unpaired) electrons. The van der Waals surface area contributed by atoms with Crippen LogP contribution in [0.4, 0.5) is 4.79 Å². The zero-order chi connectivity index (χ0) is 18.0. The normalized spacial score (nSPS) is 15.9. The lowest BCUT2D eigenvalue weighted by atomic mass is 10.3. The van der Waals surface area contributed by atoms with E-state index in [9.17, 15) is 14.4 Å². The Hall–Kier alpha value is -2.80. The maximum atomic E-state index is 12.4. The first-order chi connectivity index (χ1) is 12.0. The molecule has 128 valence electrons. The first-order valence-electron chi connectivity index (χ1n) is 7.57. The van der Waals surface area contributed by atoms with Crippen LogP contribution in [0, 0.1) is 6.92 Å². The number of methoxy groups -OCH3 is 1. The van der Waals surface area contributed by atoms with Crippen LogP contribution in [0.15, 0.2) is 47.4 Å². The zero-order valence-electron chi connectivity index (χ0n) is 13.8. The van der Waals surface area contributed by atoms with E-state index in [1.165, 1.54) is 7.11 Å². The second-order valence-electron chi connectivity index (χ2n) is 5.41. The molecule has 7 heteroatoms. The van der Waals surface area contributed by atoms with Crippen LogP contribution in [0.5, 0.6) is 0 Å². The molecule has 0 saturated carbocycles. The molecule has 0 aliphatic carbocycles. The van der Waals surface area contributed by atoms with Crippen molar-refractivity contribution in [3.05, 3.63) is 58.8 Å². The standard InChI is InChI=1S/C18H16N2O4S/c1-12-8-9-14(20(12)13-6-4-3-5-7-13)10-15-17(22)19(18(23)25-15)11-16(21)24-2/h3-10H,11H2,1-2H3/b15-10+. The molecule has 1 saturated heterocycles. The van der Waals surface area contributed by atoms with Crippen molar-refractivity contribution in [3.8, 4) is 5.69 Å². The Balaban J connectivity index is 1.94. The Morgan fingerprint density at radius 3 is 2.56 bits per heavy atom. The van der Waals surface area contributed by atoms with Crippen LogP contribution in [-0.2, 0) is 14.3 Å². The monoisotopic (exact) mass is 356 g/mol. The van der Waals surface area contributed by atoms with Crippen molar-refractivity contribution in [1.82, 2.24) is 9.47 Å². The number of ether oxygens (including phenoxy) is 1. The van der Waals surface area contributed by atoms with Crippen LogP contribution < -0.4 is 0 Å². The van der Waals surface area contributed by atoms with E-state index in [0.29, 0.717) is 0 Å². The first-order valence-corrected chi connectivity index (χ1v) is 8.39. The summed E-state index contributed by atoms with van der Waals surface area (Å²) in [5.74, 6) is -1.12. The van der Waals surface area contributed by atoms with Gasteiger partial charge in [0.25, 0.3) is 11.1 Å². The smallest absolute Gasteiger partial charge is 0.325 e. The maximum absolute atomic E-state index is 12.4. The van der Waals surface area contributed by atoms with E-state index in [1.807, 2.05) is 54.0 Å². The van der Waals surface area contributed by atoms with Gasteiger partial charge in [-0.05, 0) is 49.0 Å². The Kier molecular flexibility index (Phi) is 4.76. The van der Waals surface area contributed by atoms with E-state index in [0.717, 1.165) is 33.7 Å². The molecule has 2 amide bonds. The van der Waals surface area contributed by atoms with Gasteiger partial charge in [0.15, 0.2) is 0 Å². The number of thioether (sulfide) groups is 1. The van der Waals surface area contributed by atoms with Crippen molar-refractivity contribution < 1.29 is 19.1 Å². The number of imide groups is 1. The molecule has 0 N–H and O–H groups in total. The van der Waals surface area contributed by atoms with E-state index >= 15 is 0 Å². The molecule has 6 nitrogen and oxygen atoms in total. The Morgan fingerprint density at radius 2 is 1.88 bits per heavy atom. The number of para-hydroxylation sites is 1. The molecule has 1 aliphatic rings. The largest absolute Gasteiger partial charge is 0.468 e. The highest BCUT2D eigenvalue weighted by atomic mass is 32.2. The third kappa shape index (κ3) is 3.36. The highest BCUT2D eigenvalue weighted by Gasteiger charge is 2.36. The van der Waals surface area contributed by atoms with Crippen LogP contribution in [0.2, 0.25) is 0 Å². The van der Waals surface area contributed by atoms with Crippen molar-refractivity contribution in [2.45, 2.75) is 6.92 Å². The summed E-state index contributed by atoms with van der Waals surface area (Å²) in [6.45, 7) is 1.59. The molecule has 1 aromatic carbocycles. The molecule has 2 aromatic rings. The van der Waals surface area contributed by atoms with E-state index < -0.39 is 17.1 Å². The van der Waals surface area contributed by atoms with Crippen LogP contribution in [0.3, 0.4) is 0 Å². The minimum absolute atomic E-state index is 0.282. The Morgan fingerprint density at radius 1 is 1.16 bits per heavy atom. The first kappa shape index (κ1) is 17.0. The van der Waals surface area contributed by atoms with Gasteiger partial charge in [-0.3, -0.25) is 19.3 Å². The van der Waals surface area contributed by atoms with Gasteiger partial charge < -0.3 is 9.30 Å². The molecule has 1 fully saturated rings. The van der Waals surface area contributed by atoms with Crippen molar-refractivity contribution in [2.24, 2.45) is 0 Å². The summed E-state index contributed by atoms with van der Waals surface area (Å²) in [7, 11) is 1.22. The number of hydrogen-bond donors (Lipinski definition) is 0. The minimum atomic E-state index is -0.632. The number of carbonyl (C=O) groups is 3. The number of nitrogens with zero attached hydrogens (tertiary/aromatic N) is 2. The van der Waals surface area contributed by atoms with Gasteiger partial charge in [-0.25, -0.2) is 0 Å². The van der Waals surface area contributed by atoms with Gasteiger partial charge in [-0.15, -0.1) is 0 Å². The number of aromatic nitrogens is 1. The van der Waals surface area contributed by atoms with Crippen molar-refractivity contribution in [2.75, 3.05) is 13.7 Å². The second-order valence-corrected chi connectivity index (χ2v) is 6.41. The zero-order valence-corrected chi connectivity index (χ0v) is 14.6. The third-order valence-corrected chi connectivity index (χ3v) is 4.70. The fraction of sp³-hybridized carbons (Fsp3) is 0.167. The average molecular weight is 356 g/mol. The summed E-state index contributed by atoms with van der Waals surface area (Å²) < 4.78 is 6.52. The second kappa shape index (κ2) is 6.98. The van der Waals surface area contributed by atoms with Crippen LogP contribution in [-0.4, -0.2) is 40.2 Å². The molecule has 0 bridgehead atoms. The van der Waals surface area contributed by atoms with E-state index in [4.69, 9.17) is 0 Å². The molecule has 3 rings (SSSR count). The minimum Gasteiger partial charge on any atom is -0.468 e. The lowest BCUT2D eigenvalue weighted by Crippen LogP contribution is -2.34. The summed E-state index contributed by atoms with van der Waals surface area (Å²) in [6.07, 6.45) is 1.67. The SMILES string of the molecule is COC(=O)CN1C(=O)S/C(=C/c2ccc(C)n2-c2ccccc2)C1=O. The molecule has 0 atom stereocenters. The van der Waals surface area contributed by atoms with E-state index in [2.05, 4.69) is 4.74 Å². The van der Waals surface area contributed by atoms with Crippen LogP contribution in [0.1, 0.15) is 11.4 Å². The summed E-state index contributed by atoms with van der Waals surface area (Å²) in [5, 5.41) is -0.476. The number of amides is 2. The van der Waals surface area contributed by atoms with E-state index in [-0.39, 0.29) is 11.4 Å². The third-order valence-electron chi connectivity index (χ3n) is 3.79. The molecule has 0 spiro atoms. The van der Waals surface area contributed by atoms with Crippen LogP contribution >= 0.6 is 11.8 Å². The quantitative estimate of drug-likeness (QED) is 0.622. The van der Waals surface area contributed by atoms with E-state index in [1.54, 1.807) is 6.08 Å². The number of esters is 1. The van der Waals surface area contributed by atoms with Crippen molar-refractivity contribution >= 4 is 35.0 Å². The summed E-state index contributed by atoms with van der Waals surface area (Å²) in [6, 6.07) is 13.6. The van der Waals surface area contributed by atoms with Gasteiger partial charge in [-0.2, -0.15) is 0 Å². The molecular formula is C18H16N2O4S. The lowest BCUT2D eigenvalue weighted by Gasteiger charge is -2.10. The summed E-state index contributed by atoms with van der Waals surface area (Å²) in [5.41, 5.74) is 2.75. The lowest BCUT2D eigenvalue weighted by molar-refractivity contribution is -0.143. The predicted molar refractivity (Wildman–Crippen MR) is 95.2 cm³/mol. The number of hydrogen-bond acceptors (Lipinski definition) is 5. The fourth-order valence-electron chi connectivity index (χ4n) is 2.57. The molecule has 2 heterocycles. The van der Waals surface area contributed by atoms with Crippen molar-refractivity contribution in [1.29, 1.82) is 0 Å². The highest BCUT2D eigenvalue weighted by molar-refractivity contribution is 8.18. The van der Waals surface area contributed by atoms with Gasteiger partial charge in [0.05, 0.1) is 12.0 Å². The van der Waals surface area contributed by atoms with Gasteiger partial charge >= 0.3 is 5.97 Å². The van der Waals surface area contributed by atoms with Gasteiger partial charge in [0, 0.05) is 17.1 Å². The number of carbonyl (C=O) groups excluding carboxylic acids is 3. The van der Waals surface area contributed by atoms with Gasteiger partial charge in [0.2, 0.25) is 0 Å². The molecule has 25 heavy (non-hydrogen) atoms.